The van der Waals surface area contributed by atoms with Gasteiger partial charge in [0.1, 0.15) is 5.75 Å². The number of nitrogens with zero attached hydrogens (tertiary/aromatic N) is 1. The number of carbonyl (C=O) groups is 1. The van der Waals surface area contributed by atoms with Crippen molar-refractivity contribution in [3.05, 3.63) is 12.1 Å². The zero-order chi connectivity index (χ0) is 13.5. The molecule has 1 aromatic rings. The summed E-state index contributed by atoms with van der Waals surface area (Å²) >= 11 is 0. The highest BCUT2D eigenvalue weighted by molar-refractivity contribution is 5.93. The van der Waals surface area contributed by atoms with Gasteiger partial charge >= 0.3 is 0 Å². The lowest BCUT2D eigenvalue weighted by Crippen LogP contribution is -2.10. The summed E-state index contributed by atoms with van der Waals surface area (Å²) in [7, 11) is 1.53. The third-order valence-corrected chi connectivity index (χ3v) is 2.23. The fourth-order valence-corrected chi connectivity index (χ4v) is 1.45. The Morgan fingerprint density at radius 3 is 2.78 bits per heavy atom. The third-order valence-electron chi connectivity index (χ3n) is 2.23. The maximum Gasteiger partial charge on any atom is 0.221 e. The molecule has 0 fully saturated rings. The molecule has 0 radical (unpaired) electrons. The first-order chi connectivity index (χ1) is 8.58. The summed E-state index contributed by atoms with van der Waals surface area (Å²) in [4.78, 5) is 11.0. The second-order valence-corrected chi connectivity index (χ2v) is 3.66. The van der Waals surface area contributed by atoms with Gasteiger partial charge in [-0.2, -0.15) is 5.26 Å². The van der Waals surface area contributed by atoms with Crippen molar-refractivity contribution in [3.63, 3.8) is 0 Å². The van der Waals surface area contributed by atoms with Crippen LogP contribution in [0.4, 0.5) is 17.1 Å². The van der Waals surface area contributed by atoms with Crippen LogP contribution >= 0.6 is 0 Å². The Labute approximate surface area is 106 Å². The number of hydrogen-bond donors (Lipinski definition) is 3. The van der Waals surface area contributed by atoms with Gasteiger partial charge < -0.3 is 21.1 Å². The molecule has 0 unspecified atom stereocenters. The summed E-state index contributed by atoms with van der Waals surface area (Å²) in [5.41, 5.74) is 7.42. The number of anilines is 3. The topological polar surface area (TPSA) is 100 Å². The number of hydrogen-bond acceptors (Lipinski definition) is 5. The van der Waals surface area contributed by atoms with E-state index in [1.165, 1.54) is 14.0 Å². The normalized spacial score (nSPS) is 9.39. The van der Waals surface area contributed by atoms with E-state index >= 15 is 0 Å². The minimum absolute atomic E-state index is 0.199. The van der Waals surface area contributed by atoms with E-state index in [0.717, 1.165) is 0 Å². The van der Waals surface area contributed by atoms with Crippen LogP contribution in [0.15, 0.2) is 12.1 Å². The summed E-state index contributed by atoms with van der Waals surface area (Å²) < 4.78 is 5.18. The van der Waals surface area contributed by atoms with E-state index in [1.807, 2.05) is 6.07 Å². The van der Waals surface area contributed by atoms with E-state index in [9.17, 15) is 4.79 Å². The van der Waals surface area contributed by atoms with E-state index < -0.39 is 0 Å². The van der Waals surface area contributed by atoms with Crippen molar-refractivity contribution >= 4 is 23.0 Å². The lowest BCUT2D eigenvalue weighted by Gasteiger charge is -2.14. The van der Waals surface area contributed by atoms with Crippen molar-refractivity contribution in [2.75, 3.05) is 30.0 Å². The van der Waals surface area contributed by atoms with Gasteiger partial charge in [-0.15, -0.1) is 0 Å². The van der Waals surface area contributed by atoms with Crippen molar-refractivity contribution in [1.82, 2.24) is 0 Å². The maximum atomic E-state index is 11.0. The van der Waals surface area contributed by atoms with Gasteiger partial charge in [0, 0.05) is 19.5 Å². The number of ether oxygens (including phenoxy) is 1. The van der Waals surface area contributed by atoms with Crippen LogP contribution in [-0.2, 0) is 4.79 Å². The summed E-state index contributed by atoms with van der Waals surface area (Å²) in [6.07, 6.45) is 0.378. The summed E-state index contributed by atoms with van der Waals surface area (Å²) in [6, 6.07) is 5.35. The number of nitriles is 1. The van der Waals surface area contributed by atoms with Crippen LogP contribution in [0, 0.1) is 11.3 Å². The second kappa shape index (κ2) is 6.35. The molecule has 1 amide bonds. The predicted octanol–water partition coefficient (Wildman–Crippen LogP) is 1.56. The molecule has 1 rings (SSSR count). The van der Waals surface area contributed by atoms with Crippen LogP contribution in [0.2, 0.25) is 0 Å². The Hall–Kier alpha value is -2.42. The van der Waals surface area contributed by atoms with Gasteiger partial charge in [-0.1, -0.05) is 0 Å². The molecule has 0 atom stereocenters. The number of methoxy groups -OCH3 is 1. The van der Waals surface area contributed by atoms with Crippen LogP contribution in [0.5, 0.6) is 5.75 Å². The predicted molar refractivity (Wildman–Crippen MR) is 70.4 cm³/mol. The summed E-state index contributed by atoms with van der Waals surface area (Å²) in [6.45, 7) is 1.91. The van der Waals surface area contributed by atoms with E-state index in [0.29, 0.717) is 35.8 Å². The van der Waals surface area contributed by atoms with Gasteiger partial charge in [-0.3, -0.25) is 4.79 Å². The number of amides is 1. The van der Waals surface area contributed by atoms with Gasteiger partial charge in [0.25, 0.3) is 0 Å². The van der Waals surface area contributed by atoms with Crippen molar-refractivity contribution in [2.45, 2.75) is 13.3 Å². The molecule has 1 aromatic carbocycles. The third kappa shape index (κ3) is 3.56. The average molecular weight is 248 g/mol. The average Bonchev–Trinajstić information content (AvgIpc) is 2.32. The minimum atomic E-state index is -0.199. The van der Waals surface area contributed by atoms with Crippen molar-refractivity contribution in [1.29, 1.82) is 5.26 Å². The largest absolute Gasteiger partial charge is 0.495 e. The SMILES string of the molecule is COc1cc(N)c(NC(C)=O)cc1NCCC#N. The fourth-order valence-electron chi connectivity index (χ4n) is 1.45. The van der Waals surface area contributed by atoms with E-state index in [4.69, 9.17) is 15.7 Å². The van der Waals surface area contributed by atoms with Crippen LogP contribution in [0.3, 0.4) is 0 Å². The highest BCUT2D eigenvalue weighted by Crippen LogP contribution is 2.33. The first-order valence-corrected chi connectivity index (χ1v) is 5.44. The molecule has 6 heteroatoms. The van der Waals surface area contributed by atoms with E-state index in [2.05, 4.69) is 10.6 Å². The summed E-state index contributed by atoms with van der Waals surface area (Å²) in [5.74, 6) is 0.370. The first kappa shape index (κ1) is 13.6. The molecule has 0 aliphatic rings. The van der Waals surface area contributed by atoms with E-state index in [1.54, 1.807) is 12.1 Å². The molecule has 4 N–H and O–H groups in total. The molecular weight excluding hydrogens is 232 g/mol. The fraction of sp³-hybridized carbons (Fsp3) is 0.333. The van der Waals surface area contributed by atoms with Gasteiger partial charge in [0.2, 0.25) is 5.91 Å². The molecule has 0 aliphatic heterocycles. The van der Waals surface area contributed by atoms with Crippen LogP contribution in [0.1, 0.15) is 13.3 Å². The lowest BCUT2D eigenvalue weighted by atomic mass is 10.2. The molecular formula is C12H16N4O2. The van der Waals surface area contributed by atoms with Crippen LogP contribution in [0.25, 0.3) is 0 Å². The van der Waals surface area contributed by atoms with Crippen molar-refractivity contribution < 1.29 is 9.53 Å². The number of nitrogen functional groups attached to an aromatic ring is 1. The molecule has 0 spiro atoms. The highest BCUT2D eigenvalue weighted by atomic mass is 16.5. The minimum Gasteiger partial charge on any atom is -0.495 e. The molecule has 0 heterocycles. The molecule has 0 saturated heterocycles. The molecule has 0 aliphatic carbocycles. The van der Waals surface area contributed by atoms with Gasteiger partial charge in [-0.25, -0.2) is 0 Å². The zero-order valence-electron chi connectivity index (χ0n) is 10.4. The maximum absolute atomic E-state index is 11.0. The monoisotopic (exact) mass is 248 g/mol. The standard InChI is InChI=1S/C12H16N4O2/c1-8(17)16-10-7-11(15-5-3-4-13)12(18-2)6-9(10)14/h6-7,15H,3,5,14H2,1-2H3,(H,16,17). The Balaban J connectivity index is 2.98. The molecule has 18 heavy (non-hydrogen) atoms. The molecule has 6 nitrogen and oxygen atoms in total. The second-order valence-electron chi connectivity index (χ2n) is 3.66. The molecule has 0 saturated carbocycles. The number of nitrogens with one attached hydrogen (secondary N) is 2. The Kier molecular flexibility index (Phi) is 4.81. The summed E-state index contributed by atoms with van der Waals surface area (Å²) in [5, 5.41) is 14.2. The molecule has 0 aromatic heterocycles. The molecule has 96 valence electrons. The Morgan fingerprint density at radius 1 is 1.50 bits per heavy atom. The lowest BCUT2D eigenvalue weighted by molar-refractivity contribution is -0.114. The Morgan fingerprint density at radius 2 is 2.22 bits per heavy atom. The first-order valence-electron chi connectivity index (χ1n) is 5.44. The zero-order valence-corrected chi connectivity index (χ0v) is 10.4. The van der Waals surface area contributed by atoms with Gasteiger partial charge in [0.15, 0.2) is 0 Å². The Bertz CT molecular complexity index is 480. The highest BCUT2D eigenvalue weighted by Gasteiger charge is 2.09. The quantitative estimate of drug-likeness (QED) is 0.542. The van der Waals surface area contributed by atoms with Gasteiger partial charge in [0.05, 0.1) is 36.7 Å². The smallest absolute Gasteiger partial charge is 0.221 e. The van der Waals surface area contributed by atoms with Crippen molar-refractivity contribution in [2.24, 2.45) is 0 Å². The number of nitrogens with two attached hydrogens (primary N) is 1. The van der Waals surface area contributed by atoms with Crippen molar-refractivity contribution in [3.8, 4) is 11.8 Å². The number of rotatable bonds is 5. The van der Waals surface area contributed by atoms with Gasteiger partial charge in [-0.05, 0) is 6.07 Å². The molecule has 0 bridgehead atoms. The van der Waals surface area contributed by atoms with E-state index in [-0.39, 0.29) is 5.91 Å². The number of carbonyl (C=O) groups excluding carboxylic acids is 1. The van der Waals surface area contributed by atoms with Crippen LogP contribution < -0.4 is 21.1 Å². The number of benzene rings is 1. The van der Waals surface area contributed by atoms with Crippen LogP contribution in [-0.4, -0.2) is 19.6 Å².